The third-order valence-corrected chi connectivity index (χ3v) is 1.91. The lowest BCUT2D eigenvalue weighted by molar-refractivity contribution is -0.386. The summed E-state index contributed by atoms with van der Waals surface area (Å²) in [6.07, 6.45) is -2.85. The lowest BCUT2D eigenvalue weighted by Crippen LogP contribution is -2.06. The molecule has 0 aliphatic rings. The highest BCUT2D eigenvalue weighted by Gasteiger charge is 2.27. The minimum atomic E-state index is -3.07. The first-order valence-electron chi connectivity index (χ1n) is 4.05. The highest BCUT2D eigenvalue weighted by atomic mass is 19.3. The number of nitrogens with two attached hydrogens (primary N) is 1. The molecule has 8 heteroatoms. The van der Waals surface area contributed by atoms with Crippen molar-refractivity contribution in [2.45, 2.75) is 12.8 Å². The molecule has 1 aromatic heterocycles. The summed E-state index contributed by atoms with van der Waals surface area (Å²) in [6.45, 7) is 0. The molecule has 0 unspecified atom stereocenters. The Morgan fingerprint density at radius 2 is 2.31 bits per heavy atom. The summed E-state index contributed by atoms with van der Waals surface area (Å²) in [7, 11) is 0. The number of alkyl halides is 2. The average molecular weight is 228 g/mol. The number of halogens is 2. The molecule has 0 aliphatic heterocycles. The van der Waals surface area contributed by atoms with Gasteiger partial charge in [0.1, 0.15) is 17.6 Å². The summed E-state index contributed by atoms with van der Waals surface area (Å²) in [4.78, 5) is 12.9. The lowest BCUT2D eigenvalue weighted by atomic mass is 10.1. The van der Waals surface area contributed by atoms with Gasteiger partial charge in [0.2, 0.25) is 0 Å². The molecule has 0 saturated heterocycles. The number of hydrogen-bond acceptors (Lipinski definition) is 5. The van der Waals surface area contributed by atoms with E-state index in [1.807, 2.05) is 0 Å². The first-order chi connectivity index (χ1) is 7.49. The first-order valence-corrected chi connectivity index (χ1v) is 4.05. The SMILES string of the molecule is N#CCc1c(N)ncc([N+](=O)[O-])c1C(F)F. The molecule has 0 saturated carbocycles. The van der Waals surface area contributed by atoms with E-state index in [0.29, 0.717) is 6.20 Å². The van der Waals surface area contributed by atoms with Crippen molar-refractivity contribution >= 4 is 11.5 Å². The zero-order valence-corrected chi connectivity index (χ0v) is 7.85. The molecular weight excluding hydrogens is 222 g/mol. The number of nitriles is 1. The molecule has 1 rings (SSSR count). The molecule has 0 bridgehead atoms. The molecule has 84 valence electrons. The number of nitrogen functional groups attached to an aromatic ring is 1. The number of hydrogen-bond donors (Lipinski definition) is 1. The molecule has 0 fully saturated rings. The van der Waals surface area contributed by atoms with Crippen LogP contribution in [0.5, 0.6) is 0 Å². The molecule has 0 atom stereocenters. The molecular formula is C8H6F2N4O2. The second-order valence-corrected chi connectivity index (χ2v) is 2.81. The fraction of sp³-hybridized carbons (Fsp3) is 0.250. The van der Waals surface area contributed by atoms with Gasteiger partial charge in [0, 0.05) is 5.56 Å². The monoisotopic (exact) mass is 228 g/mol. The Labute approximate surface area is 88.5 Å². The van der Waals surface area contributed by atoms with Crippen molar-refractivity contribution < 1.29 is 13.7 Å². The van der Waals surface area contributed by atoms with Crippen molar-refractivity contribution in [3.8, 4) is 6.07 Å². The van der Waals surface area contributed by atoms with Crippen LogP contribution < -0.4 is 5.73 Å². The predicted octanol–water partition coefficient (Wildman–Crippen LogP) is 1.58. The molecule has 0 radical (unpaired) electrons. The number of pyridine rings is 1. The van der Waals surface area contributed by atoms with Gasteiger partial charge in [0.05, 0.1) is 17.4 Å². The molecule has 0 amide bonds. The first kappa shape index (κ1) is 11.8. The Morgan fingerprint density at radius 3 is 2.75 bits per heavy atom. The summed E-state index contributed by atoms with van der Waals surface area (Å²) in [6, 6.07) is 1.61. The van der Waals surface area contributed by atoms with Crippen LogP contribution in [0.3, 0.4) is 0 Å². The molecule has 16 heavy (non-hydrogen) atoms. The van der Waals surface area contributed by atoms with Gasteiger partial charge in [-0.2, -0.15) is 5.26 Å². The van der Waals surface area contributed by atoms with Gasteiger partial charge in [-0.05, 0) is 0 Å². The van der Waals surface area contributed by atoms with E-state index in [1.54, 1.807) is 6.07 Å². The number of anilines is 1. The maximum Gasteiger partial charge on any atom is 0.296 e. The van der Waals surface area contributed by atoms with E-state index in [-0.39, 0.29) is 11.4 Å². The van der Waals surface area contributed by atoms with Gasteiger partial charge in [0.25, 0.3) is 12.1 Å². The molecule has 0 aliphatic carbocycles. The molecule has 2 N–H and O–H groups in total. The standard InChI is InChI=1S/C8H6F2N4O2/c9-7(10)6-4(1-2-11)8(12)13-3-5(6)14(15)16/h3,7H,1H2,(H2,12,13). The summed E-state index contributed by atoms with van der Waals surface area (Å²) in [5.41, 5.74) is 3.35. The topological polar surface area (TPSA) is 106 Å². The van der Waals surface area contributed by atoms with Crippen LogP contribution in [0.1, 0.15) is 17.6 Å². The van der Waals surface area contributed by atoms with E-state index in [9.17, 15) is 18.9 Å². The van der Waals surface area contributed by atoms with Crippen molar-refractivity contribution in [3.05, 3.63) is 27.4 Å². The van der Waals surface area contributed by atoms with Crippen LogP contribution in [0.15, 0.2) is 6.20 Å². The van der Waals surface area contributed by atoms with E-state index in [4.69, 9.17) is 11.0 Å². The Bertz CT molecular complexity index is 470. The number of aromatic nitrogens is 1. The Morgan fingerprint density at radius 1 is 1.69 bits per heavy atom. The van der Waals surface area contributed by atoms with Crippen LogP contribution in [0.25, 0.3) is 0 Å². The average Bonchev–Trinajstić information content (AvgIpc) is 2.20. The number of rotatable bonds is 3. The van der Waals surface area contributed by atoms with E-state index in [2.05, 4.69) is 4.98 Å². The minimum absolute atomic E-state index is 0.285. The highest BCUT2D eigenvalue weighted by Crippen LogP contribution is 2.33. The fourth-order valence-electron chi connectivity index (χ4n) is 1.22. The second kappa shape index (κ2) is 4.48. The van der Waals surface area contributed by atoms with Crippen LogP contribution in [-0.4, -0.2) is 9.91 Å². The van der Waals surface area contributed by atoms with E-state index < -0.39 is 29.0 Å². The third-order valence-electron chi connectivity index (χ3n) is 1.91. The zero-order valence-electron chi connectivity index (χ0n) is 7.85. The molecule has 6 nitrogen and oxygen atoms in total. The highest BCUT2D eigenvalue weighted by molar-refractivity contribution is 5.55. The van der Waals surface area contributed by atoms with Crippen LogP contribution in [0.4, 0.5) is 20.3 Å². The van der Waals surface area contributed by atoms with Crippen LogP contribution >= 0.6 is 0 Å². The van der Waals surface area contributed by atoms with Crippen molar-refractivity contribution in [3.63, 3.8) is 0 Å². The van der Waals surface area contributed by atoms with Gasteiger partial charge in [-0.15, -0.1) is 0 Å². The number of nitrogens with zero attached hydrogens (tertiary/aromatic N) is 3. The van der Waals surface area contributed by atoms with Crippen molar-refractivity contribution in [1.29, 1.82) is 5.26 Å². The number of nitro groups is 1. The maximum absolute atomic E-state index is 12.7. The normalized spacial score (nSPS) is 10.1. The van der Waals surface area contributed by atoms with Crippen molar-refractivity contribution in [1.82, 2.24) is 4.98 Å². The van der Waals surface area contributed by atoms with E-state index in [0.717, 1.165) is 0 Å². The summed E-state index contributed by atoms with van der Waals surface area (Å²) >= 11 is 0. The van der Waals surface area contributed by atoms with E-state index >= 15 is 0 Å². The smallest absolute Gasteiger partial charge is 0.296 e. The summed E-state index contributed by atoms with van der Waals surface area (Å²) in [5, 5.41) is 18.9. The van der Waals surface area contributed by atoms with Crippen molar-refractivity contribution in [2.75, 3.05) is 5.73 Å². The summed E-state index contributed by atoms with van der Waals surface area (Å²) in [5.74, 6) is -0.289. The van der Waals surface area contributed by atoms with Gasteiger partial charge in [0.15, 0.2) is 0 Å². The molecule has 1 aromatic rings. The Balaban J connectivity index is 3.51. The maximum atomic E-state index is 12.7. The fourth-order valence-corrected chi connectivity index (χ4v) is 1.22. The van der Waals surface area contributed by atoms with Gasteiger partial charge in [-0.1, -0.05) is 0 Å². The molecule has 0 spiro atoms. The largest absolute Gasteiger partial charge is 0.383 e. The second-order valence-electron chi connectivity index (χ2n) is 2.81. The third kappa shape index (κ3) is 2.03. The van der Waals surface area contributed by atoms with Gasteiger partial charge in [-0.3, -0.25) is 10.1 Å². The zero-order chi connectivity index (χ0) is 12.3. The Kier molecular flexibility index (Phi) is 3.30. The predicted molar refractivity (Wildman–Crippen MR) is 49.6 cm³/mol. The summed E-state index contributed by atoms with van der Waals surface area (Å²) < 4.78 is 25.3. The minimum Gasteiger partial charge on any atom is -0.383 e. The van der Waals surface area contributed by atoms with Crippen LogP contribution in [0, 0.1) is 21.4 Å². The van der Waals surface area contributed by atoms with Crippen LogP contribution in [-0.2, 0) is 6.42 Å². The van der Waals surface area contributed by atoms with E-state index in [1.165, 1.54) is 0 Å². The van der Waals surface area contributed by atoms with Gasteiger partial charge in [-0.25, -0.2) is 13.8 Å². The lowest BCUT2D eigenvalue weighted by Gasteiger charge is -2.08. The van der Waals surface area contributed by atoms with Crippen molar-refractivity contribution in [2.24, 2.45) is 0 Å². The quantitative estimate of drug-likeness (QED) is 0.624. The van der Waals surface area contributed by atoms with Gasteiger partial charge < -0.3 is 5.73 Å². The molecule has 1 heterocycles. The van der Waals surface area contributed by atoms with Crippen LogP contribution in [0.2, 0.25) is 0 Å². The molecule has 0 aromatic carbocycles. The Hall–Kier alpha value is -2.30. The van der Waals surface area contributed by atoms with Gasteiger partial charge >= 0.3 is 0 Å².